The molecule has 0 unspecified atom stereocenters. The minimum atomic E-state index is 0.412. The van der Waals surface area contributed by atoms with Crippen molar-refractivity contribution < 1.29 is 4.74 Å². The average molecular weight is 425 g/mol. The summed E-state index contributed by atoms with van der Waals surface area (Å²) in [5.41, 5.74) is 4.67. The highest BCUT2D eigenvalue weighted by molar-refractivity contribution is 6.33. The zero-order chi connectivity index (χ0) is 20.0. The molecule has 0 aliphatic heterocycles. The van der Waals surface area contributed by atoms with Crippen molar-refractivity contribution in [2.45, 2.75) is 6.42 Å². The number of rotatable bonds is 4. The second-order valence-corrected chi connectivity index (χ2v) is 7.26. The highest BCUT2D eigenvalue weighted by Crippen LogP contribution is 2.31. The molecule has 0 aliphatic carbocycles. The van der Waals surface area contributed by atoms with Gasteiger partial charge in [-0.05, 0) is 30.3 Å². The van der Waals surface area contributed by atoms with E-state index in [0.717, 1.165) is 33.9 Å². The van der Waals surface area contributed by atoms with Gasteiger partial charge in [0, 0.05) is 18.2 Å². The van der Waals surface area contributed by atoms with Crippen molar-refractivity contribution in [3.63, 3.8) is 0 Å². The number of H-pyrrole nitrogens is 1. The number of benzene rings is 1. The number of imidazole rings is 2. The van der Waals surface area contributed by atoms with E-state index in [2.05, 4.69) is 24.9 Å². The van der Waals surface area contributed by atoms with Gasteiger partial charge in [0.05, 0.1) is 41.4 Å². The largest absolute Gasteiger partial charge is 0.497 e. The SMILES string of the molecule is COc1ccc(-c2cncc3nc(Cc4nc5nc(Cl)ccc5[nH]4)cn23)c(Cl)c1. The Morgan fingerprint density at radius 3 is 2.79 bits per heavy atom. The van der Waals surface area contributed by atoms with Gasteiger partial charge in [0.2, 0.25) is 0 Å². The third-order valence-corrected chi connectivity index (χ3v) is 5.11. The van der Waals surface area contributed by atoms with Crippen LogP contribution < -0.4 is 4.74 Å². The van der Waals surface area contributed by atoms with Gasteiger partial charge in [-0.1, -0.05) is 23.2 Å². The third-order valence-electron chi connectivity index (χ3n) is 4.59. The van der Waals surface area contributed by atoms with Crippen LogP contribution in [0.3, 0.4) is 0 Å². The van der Waals surface area contributed by atoms with Crippen LogP contribution in [0.2, 0.25) is 10.2 Å². The summed E-state index contributed by atoms with van der Waals surface area (Å²) in [6, 6.07) is 9.14. The Balaban J connectivity index is 1.54. The predicted molar refractivity (Wildman–Crippen MR) is 112 cm³/mol. The molecule has 1 aromatic carbocycles. The number of aromatic nitrogens is 6. The molecule has 5 rings (SSSR count). The van der Waals surface area contributed by atoms with Crippen LogP contribution in [0.1, 0.15) is 11.5 Å². The maximum atomic E-state index is 6.46. The first kappa shape index (κ1) is 17.9. The van der Waals surface area contributed by atoms with Crippen LogP contribution in [-0.4, -0.2) is 36.4 Å². The van der Waals surface area contributed by atoms with Crippen molar-refractivity contribution in [3.8, 4) is 17.0 Å². The molecule has 0 atom stereocenters. The summed E-state index contributed by atoms with van der Waals surface area (Å²) in [7, 11) is 1.61. The fourth-order valence-electron chi connectivity index (χ4n) is 3.26. The van der Waals surface area contributed by atoms with Crippen LogP contribution in [0.15, 0.2) is 48.9 Å². The Labute approximate surface area is 175 Å². The molecule has 5 aromatic rings. The summed E-state index contributed by atoms with van der Waals surface area (Å²) in [4.78, 5) is 21.0. The summed E-state index contributed by atoms with van der Waals surface area (Å²) in [6.07, 6.45) is 5.95. The summed E-state index contributed by atoms with van der Waals surface area (Å²) in [5.74, 6) is 1.46. The van der Waals surface area contributed by atoms with Crippen LogP contribution in [0, 0.1) is 0 Å². The third kappa shape index (κ3) is 3.28. The van der Waals surface area contributed by atoms with E-state index in [0.29, 0.717) is 28.0 Å². The minimum Gasteiger partial charge on any atom is -0.497 e. The first-order valence-electron chi connectivity index (χ1n) is 8.78. The smallest absolute Gasteiger partial charge is 0.179 e. The van der Waals surface area contributed by atoms with Gasteiger partial charge >= 0.3 is 0 Å². The molecular formula is C20H14Cl2N6O. The van der Waals surface area contributed by atoms with Crippen LogP contribution in [0.25, 0.3) is 28.1 Å². The van der Waals surface area contributed by atoms with E-state index >= 15 is 0 Å². The zero-order valence-electron chi connectivity index (χ0n) is 15.2. The lowest BCUT2D eigenvalue weighted by Gasteiger charge is -2.08. The lowest BCUT2D eigenvalue weighted by Crippen LogP contribution is -1.93. The van der Waals surface area contributed by atoms with Gasteiger partial charge in [-0.3, -0.25) is 9.38 Å². The molecule has 0 saturated carbocycles. The number of nitrogens with zero attached hydrogens (tertiary/aromatic N) is 5. The molecule has 0 radical (unpaired) electrons. The lowest BCUT2D eigenvalue weighted by atomic mass is 10.1. The standard InChI is InChI=1S/C20H14Cl2N6O/c1-29-12-2-3-13(14(21)7-12)16-8-23-9-19-24-11(10-28(16)19)6-18-25-15-4-5-17(22)26-20(15)27-18/h2-5,7-10H,6H2,1H3,(H,25,26,27). The highest BCUT2D eigenvalue weighted by atomic mass is 35.5. The highest BCUT2D eigenvalue weighted by Gasteiger charge is 2.13. The fourth-order valence-corrected chi connectivity index (χ4v) is 3.67. The van der Waals surface area contributed by atoms with Crippen LogP contribution in [-0.2, 0) is 6.42 Å². The van der Waals surface area contributed by atoms with E-state index in [-0.39, 0.29) is 0 Å². The molecule has 0 aliphatic rings. The maximum Gasteiger partial charge on any atom is 0.179 e. The molecule has 0 amide bonds. The van der Waals surface area contributed by atoms with Gasteiger partial charge in [0.25, 0.3) is 0 Å². The Hall–Kier alpha value is -3.16. The van der Waals surface area contributed by atoms with E-state index in [1.165, 1.54) is 0 Å². The van der Waals surface area contributed by atoms with Gasteiger partial charge < -0.3 is 9.72 Å². The zero-order valence-corrected chi connectivity index (χ0v) is 16.7. The van der Waals surface area contributed by atoms with Crippen molar-refractivity contribution in [1.82, 2.24) is 29.3 Å². The molecule has 1 N–H and O–H groups in total. The Bertz CT molecular complexity index is 1360. The van der Waals surface area contributed by atoms with Gasteiger partial charge in [0.1, 0.15) is 16.7 Å². The van der Waals surface area contributed by atoms with Gasteiger partial charge in [-0.25, -0.2) is 15.0 Å². The van der Waals surface area contributed by atoms with Crippen LogP contribution >= 0.6 is 23.2 Å². The Morgan fingerprint density at radius 1 is 1.07 bits per heavy atom. The maximum absolute atomic E-state index is 6.46. The molecule has 7 nitrogen and oxygen atoms in total. The van der Waals surface area contributed by atoms with Crippen LogP contribution in [0.5, 0.6) is 5.75 Å². The van der Waals surface area contributed by atoms with Gasteiger partial charge in [-0.15, -0.1) is 0 Å². The summed E-state index contributed by atoms with van der Waals surface area (Å²) >= 11 is 12.4. The summed E-state index contributed by atoms with van der Waals surface area (Å²) < 4.78 is 7.20. The van der Waals surface area contributed by atoms with Crippen molar-refractivity contribution in [1.29, 1.82) is 0 Å². The monoisotopic (exact) mass is 424 g/mol. The van der Waals surface area contributed by atoms with E-state index in [4.69, 9.17) is 27.9 Å². The predicted octanol–water partition coefficient (Wildman–Crippen LogP) is 4.57. The number of nitrogens with one attached hydrogen (secondary N) is 1. The Morgan fingerprint density at radius 2 is 1.97 bits per heavy atom. The quantitative estimate of drug-likeness (QED) is 0.427. The molecule has 4 heterocycles. The summed E-state index contributed by atoms with van der Waals surface area (Å²) in [5, 5.41) is 0.990. The number of ether oxygens (including phenoxy) is 1. The second kappa shape index (κ2) is 7.02. The van der Waals surface area contributed by atoms with Crippen molar-refractivity contribution in [3.05, 3.63) is 70.6 Å². The number of hydrogen-bond acceptors (Lipinski definition) is 5. The number of hydrogen-bond donors (Lipinski definition) is 1. The normalized spacial score (nSPS) is 11.4. The molecule has 9 heteroatoms. The van der Waals surface area contributed by atoms with E-state index < -0.39 is 0 Å². The van der Waals surface area contributed by atoms with Crippen molar-refractivity contribution >= 4 is 40.0 Å². The van der Waals surface area contributed by atoms with Gasteiger partial charge in [0.15, 0.2) is 11.3 Å². The van der Waals surface area contributed by atoms with E-state index in [1.54, 1.807) is 31.6 Å². The number of methoxy groups -OCH3 is 1. The summed E-state index contributed by atoms with van der Waals surface area (Å²) in [6.45, 7) is 0. The molecular weight excluding hydrogens is 411 g/mol. The molecule has 0 bridgehead atoms. The van der Waals surface area contributed by atoms with Crippen molar-refractivity contribution in [2.24, 2.45) is 0 Å². The average Bonchev–Trinajstić information content (AvgIpc) is 3.30. The molecule has 0 saturated heterocycles. The minimum absolute atomic E-state index is 0.412. The fraction of sp³-hybridized carbons (Fsp3) is 0.100. The second-order valence-electron chi connectivity index (χ2n) is 6.46. The first-order valence-corrected chi connectivity index (χ1v) is 9.53. The molecule has 0 spiro atoms. The molecule has 4 aromatic heterocycles. The van der Waals surface area contributed by atoms with E-state index in [9.17, 15) is 0 Å². The number of pyridine rings is 1. The number of aromatic amines is 1. The van der Waals surface area contributed by atoms with Gasteiger partial charge in [-0.2, -0.15) is 0 Å². The topological polar surface area (TPSA) is 81.0 Å². The first-order chi connectivity index (χ1) is 14.1. The molecule has 29 heavy (non-hydrogen) atoms. The number of fused-ring (bicyclic) bond motifs is 2. The van der Waals surface area contributed by atoms with Crippen LogP contribution in [0.4, 0.5) is 0 Å². The van der Waals surface area contributed by atoms with E-state index in [1.807, 2.05) is 28.8 Å². The molecule has 0 fully saturated rings. The van der Waals surface area contributed by atoms with Crippen molar-refractivity contribution in [2.75, 3.05) is 7.11 Å². The number of halogens is 2. The lowest BCUT2D eigenvalue weighted by molar-refractivity contribution is 0.415. The Kier molecular flexibility index (Phi) is 4.34. The molecule has 144 valence electrons.